The molecule has 7 heteroatoms. The van der Waals surface area contributed by atoms with Crippen LogP contribution in [0.4, 0.5) is 0 Å². The van der Waals surface area contributed by atoms with E-state index in [1.54, 1.807) is 12.1 Å². The number of nitrogens with one attached hydrogen (secondary N) is 1. The van der Waals surface area contributed by atoms with Gasteiger partial charge in [-0.15, -0.1) is 0 Å². The molecule has 1 N–H and O–H groups in total. The van der Waals surface area contributed by atoms with Gasteiger partial charge in [-0.25, -0.2) is 0 Å². The van der Waals surface area contributed by atoms with Gasteiger partial charge in [0.2, 0.25) is 11.7 Å². The van der Waals surface area contributed by atoms with Gasteiger partial charge >= 0.3 is 0 Å². The largest absolute Gasteiger partial charge is 0.484 e. The quantitative estimate of drug-likeness (QED) is 0.686. The fourth-order valence-corrected chi connectivity index (χ4v) is 2.49. The summed E-state index contributed by atoms with van der Waals surface area (Å²) >= 11 is 6.11. The van der Waals surface area contributed by atoms with Gasteiger partial charge < -0.3 is 14.6 Å². The lowest BCUT2D eigenvalue weighted by Crippen LogP contribution is -2.28. The molecular formula is C19H18ClN3O3. The summed E-state index contributed by atoms with van der Waals surface area (Å²) in [5.41, 5.74) is 1.89. The average molecular weight is 372 g/mol. The van der Waals surface area contributed by atoms with Crippen molar-refractivity contribution in [3.05, 3.63) is 65.0 Å². The van der Waals surface area contributed by atoms with Crippen molar-refractivity contribution in [2.24, 2.45) is 0 Å². The maximum Gasteiger partial charge on any atom is 0.258 e. The third-order valence-electron chi connectivity index (χ3n) is 3.72. The Kier molecular flexibility index (Phi) is 5.86. The number of halogens is 1. The summed E-state index contributed by atoms with van der Waals surface area (Å²) in [4.78, 5) is 16.1. The zero-order chi connectivity index (χ0) is 18.4. The highest BCUT2D eigenvalue weighted by Crippen LogP contribution is 2.24. The van der Waals surface area contributed by atoms with E-state index in [1.807, 2.05) is 36.4 Å². The minimum Gasteiger partial charge on any atom is -0.484 e. The highest BCUT2D eigenvalue weighted by molar-refractivity contribution is 6.33. The van der Waals surface area contributed by atoms with Gasteiger partial charge in [0.05, 0.1) is 11.6 Å². The zero-order valence-corrected chi connectivity index (χ0v) is 15.0. The SMILES string of the molecule is CCc1ccc(OCC(=O)NCc2nc(-c3ccccc3Cl)no2)cc1. The molecule has 0 unspecified atom stereocenters. The molecule has 0 aliphatic carbocycles. The van der Waals surface area contributed by atoms with Crippen molar-refractivity contribution in [1.29, 1.82) is 0 Å². The topological polar surface area (TPSA) is 77.2 Å². The van der Waals surface area contributed by atoms with Crippen LogP contribution in [-0.4, -0.2) is 22.7 Å². The van der Waals surface area contributed by atoms with E-state index in [0.717, 1.165) is 6.42 Å². The molecule has 3 aromatic rings. The molecule has 1 amide bonds. The van der Waals surface area contributed by atoms with Crippen LogP contribution < -0.4 is 10.1 Å². The monoisotopic (exact) mass is 371 g/mol. The van der Waals surface area contributed by atoms with Crippen LogP contribution in [0.25, 0.3) is 11.4 Å². The fraction of sp³-hybridized carbons (Fsp3) is 0.211. The lowest BCUT2D eigenvalue weighted by Gasteiger charge is -2.06. The first kappa shape index (κ1) is 17.9. The highest BCUT2D eigenvalue weighted by atomic mass is 35.5. The number of rotatable bonds is 7. The molecule has 1 aromatic heterocycles. The Labute approximate surface area is 156 Å². The third kappa shape index (κ3) is 4.61. The molecule has 0 atom stereocenters. The maximum atomic E-state index is 11.9. The smallest absolute Gasteiger partial charge is 0.258 e. The van der Waals surface area contributed by atoms with E-state index in [4.69, 9.17) is 20.9 Å². The Balaban J connectivity index is 1.49. The number of nitrogens with zero attached hydrogens (tertiary/aromatic N) is 2. The van der Waals surface area contributed by atoms with E-state index in [2.05, 4.69) is 22.4 Å². The number of aryl methyl sites for hydroxylation is 1. The Morgan fingerprint density at radius 2 is 1.96 bits per heavy atom. The molecule has 1 heterocycles. The van der Waals surface area contributed by atoms with Crippen molar-refractivity contribution in [2.45, 2.75) is 19.9 Å². The zero-order valence-electron chi connectivity index (χ0n) is 14.2. The highest BCUT2D eigenvalue weighted by Gasteiger charge is 2.12. The molecule has 0 spiro atoms. The molecule has 0 bridgehead atoms. The van der Waals surface area contributed by atoms with Crippen LogP contribution in [0, 0.1) is 0 Å². The van der Waals surface area contributed by atoms with Crippen LogP contribution in [0.3, 0.4) is 0 Å². The predicted octanol–water partition coefficient (Wildman–Crippen LogP) is 3.65. The average Bonchev–Trinajstić information content (AvgIpc) is 3.14. The van der Waals surface area contributed by atoms with Gasteiger partial charge in [0.1, 0.15) is 5.75 Å². The van der Waals surface area contributed by atoms with Gasteiger partial charge in [-0.2, -0.15) is 4.98 Å². The Hall–Kier alpha value is -2.86. The molecule has 2 aromatic carbocycles. The predicted molar refractivity (Wildman–Crippen MR) is 97.9 cm³/mol. The van der Waals surface area contributed by atoms with Crippen molar-refractivity contribution in [3.63, 3.8) is 0 Å². The fourth-order valence-electron chi connectivity index (χ4n) is 2.27. The summed E-state index contributed by atoms with van der Waals surface area (Å²) in [6, 6.07) is 14.8. The first-order valence-corrected chi connectivity index (χ1v) is 8.59. The summed E-state index contributed by atoms with van der Waals surface area (Å²) in [5, 5.41) is 7.09. The molecule has 0 radical (unpaired) electrons. The van der Waals surface area contributed by atoms with E-state index < -0.39 is 0 Å². The molecular weight excluding hydrogens is 354 g/mol. The second-order valence-corrected chi connectivity index (χ2v) is 5.96. The molecule has 6 nitrogen and oxygen atoms in total. The van der Waals surface area contributed by atoms with Gasteiger partial charge in [-0.3, -0.25) is 4.79 Å². The summed E-state index contributed by atoms with van der Waals surface area (Å²) in [5.74, 6) is 1.05. The van der Waals surface area contributed by atoms with Gasteiger partial charge in [0, 0.05) is 5.56 Å². The molecule has 134 valence electrons. The minimum atomic E-state index is -0.276. The number of hydrogen-bond donors (Lipinski definition) is 1. The minimum absolute atomic E-state index is 0.0863. The third-order valence-corrected chi connectivity index (χ3v) is 4.05. The van der Waals surface area contributed by atoms with Gasteiger partial charge in [-0.05, 0) is 36.2 Å². The summed E-state index contributed by atoms with van der Waals surface area (Å²) < 4.78 is 10.6. The van der Waals surface area contributed by atoms with Crippen molar-refractivity contribution in [3.8, 4) is 17.1 Å². The van der Waals surface area contributed by atoms with E-state index in [0.29, 0.717) is 28.1 Å². The molecule has 0 aliphatic rings. The first-order chi connectivity index (χ1) is 12.7. The van der Waals surface area contributed by atoms with Crippen molar-refractivity contribution in [2.75, 3.05) is 6.61 Å². The van der Waals surface area contributed by atoms with Crippen molar-refractivity contribution < 1.29 is 14.1 Å². The van der Waals surface area contributed by atoms with E-state index in [-0.39, 0.29) is 19.1 Å². The number of benzene rings is 2. The lowest BCUT2D eigenvalue weighted by molar-refractivity contribution is -0.123. The van der Waals surface area contributed by atoms with E-state index in [9.17, 15) is 4.79 Å². The summed E-state index contributed by atoms with van der Waals surface area (Å²) in [7, 11) is 0. The van der Waals surface area contributed by atoms with Gasteiger partial charge in [0.15, 0.2) is 6.61 Å². The molecule has 0 aliphatic heterocycles. The van der Waals surface area contributed by atoms with Crippen LogP contribution in [-0.2, 0) is 17.8 Å². The first-order valence-electron chi connectivity index (χ1n) is 8.21. The summed E-state index contributed by atoms with van der Waals surface area (Å²) in [6.45, 7) is 2.11. The van der Waals surface area contributed by atoms with Crippen LogP contribution in [0.1, 0.15) is 18.4 Å². The Morgan fingerprint density at radius 3 is 2.69 bits per heavy atom. The van der Waals surface area contributed by atoms with Crippen molar-refractivity contribution in [1.82, 2.24) is 15.5 Å². The lowest BCUT2D eigenvalue weighted by atomic mass is 10.2. The van der Waals surface area contributed by atoms with Gasteiger partial charge in [0.25, 0.3) is 5.91 Å². The molecule has 0 fully saturated rings. The normalized spacial score (nSPS) is 10.5. The van der Waals surface area contributed by atoms with E-state index >= 15 is 0 Å². The van der Waals surface area contributed by atoms with Crippen LogP contribution in [0.2, 0.25) is 5.02 Å². The maximum absolute atomic E-state index is 11.9. The van der Waals surface area contributed by atoms with Crippen LogP contribution in [0.5, 0.6) is 5.75 Å². The second-order valence-electron chi connectivity index (χ2n) is 5.55. The summed E-state index contributed by atoms with van der Waals surface area (Å²) in [6.07, 6.45) is 0.959. The molecule has 26 heavy (non-hydrogen) atoms. The van der Waals surface area contributed by atoms with Crippen LogP contribution >= 0.6 is 11.6 Å². The van der Waals surface area contributed by atoms with Crippen LogP contribution in [0.15, 0.2) is 53.1 Å². The number of amides is 1. The second kappa shape index (κ2) is 8.49. The van der Waals surface area contributed by atoms with E-state index in [1.165, 1.54) is 5.56 Å². The van der Waals surface area contributed by atoms with Crippen molar-refractivity contribution >= 4 is 17.5 Å². The van der Waals surface area contributed by atoms with Gasteiger partial charge in [-0.1, -0.05) is 47.9 Å². The molecule has 0 saturated heterocycles. The number of carbonyl (C=O) groups is 1. The Bertz CT molecular complexity index is 878. The molecule has 3 rings (SSSR count). The number of hydrogen-bond acceptors (Lipinski definition) is 5. The Morgan fingerprint density at radius 1 is 1.19 bits per heavy atom. The number of carbonyl (C=O) groups excluding carboxylic acids is 1. The number of ether oxygens (including phenoxy) is 1. The molecule has 0 saturated carbocycles. The standard InChI is InChI=1S/C19H18ClN3O3/c1-2-13-7-9-14(10-8-13)25-12-17(24)21-11-18-22-19(23-26-18)15-5-3-4-6-16(15)20/h3-10H,2,11-12H2,1H3,(H,21,24). The number of aromatic nitrogens is 2.